The van der Waals surface area contributed by atoms with Gasteiger partial charge in [-0.2, -0.15) is 5.26 Å². The number of nitriles is 1. The molecule has 0 saturated heterocycles. The zero-order valence-corrected chi connectivity index (χ0v) is 15.6. The lowest BCUT2D eigenvalue weighted by atomic mass is 9.90. The van der Waals surface area contributed by atoms with Crippen molar-refractivity contribution in [1.82, 2.24) is 0 Å². The second-order valence-electron chi connectivity index (χ2n) is 6.42. The lowest BCUT2D eigenvalue weighted by Gasteiger charge is -2.20. The molecule has 0 saturated carbocycles. The first-order chi connectivity index (χ1) is 12.3. The van der Waals surface area contributed by atoms with E-state index in [-0.39, 0.29) is 6.04 Å². The van der Waals surface area contributed by atoms with E-state index < -0.39 is 0 Å². The van der Waals surface area contributed by atoms with Gasteiger partial charge >= 0.3 is 0 Å². The molecule has 126 valence electrons. The van der Waals surface area contributed by atoms with Crippen LogP contribution in [0.1, 0.15) is 53.3 Å². The number of fused-ring (bicyclic) bond motifs is 1. The van der Waals surface area contributed by atoms with E-state index in [0.29, 0.717) is 0 Å². The molecule has 4 rings (SSSR count). The van der Waals surface area contributed by atoms with Gasteiger partial charge in [0.25, 0.3) is 0 Å². The van der Waals surface area contributed by atoms with Crippen molar-refractivity contribution in [2.24, 2.45) is 5.73 Å². The fourth-order valence-corrected chi connectivity index (χ4v) is 5.54. The molecular weight excluding hydrogens is 344 g/mol. The first kappa shape index (κ1) is 16.7. The van der Waals surface area contributed by atoms with Gasteiger partial charge in [0.15, 0.2) is 0 Å². The summed E-state index contributed by atoms with van der Waals surface area (Å²) in [6.07, 6.45) is 6.67. The lowest BCUT2D eigenvalue weighted by molar-refractivity contribution is 0.658. The number of benzene rings is 1. The number of allylic oxidation sites excluding steroid dienone is 2. The molecular formula is C21H20N2S2. The molecule has 2 aliphatic rings. The van der Waals surface area contributed by atoms with E-state index in [1.807, 2.05) is 17.1 Å². The van der Waals surface area contributed by atoms with Gasteiger partial charge in [0.1, 0.15) is 10.9 Å². The highest BCUT2D eigenvalue weighted by atomic mass is 32.2. The zero-order valence-electron chi connectivity index (χ0n) is 14.0. The van der Waals surface area contributed by atoms with Gasteiger partial charge in [0, 0.05) is 16.5 Å². The van der Waals surface area contributed by atoms with Gasteiger partial charge < -0.3 is 5.73 Å². The molecule has 2 aromatic rings. The SMILES string of the molecule is N#Cc1sccc1C1=C(C2=CCCCS2)CCC(N)c2ccccc21. The molecule has 1 unspecified atom stereocenters. The van der Waals surface area contributed by atoms with Crippen molar-refractivity contribution in [2.45, 2.75) is 31.7 Å². The van der Waals surface area contributed by atoms with Crippen LogP contribution in [0.2, 0.25) is 0 Å². The van der Waals surface area contributed by atoms with E-state index in [1.165, 1.54) is 50.7 Å². The number of rotatable bonds is 2. The van der Waals surface area contributed by atoms with Crippen LogP contribution in [0.4, 0.5) is 0 Å². The van der Waals surface area contributed by atoms with Crippen LogP contribution >= 0.6 is 23.1 Å². The predicted octanol–water partition coefficient (Wildman–Crippen LogP) is 5.63. The highest BCUT2D eigenvalue weighted by molar-refractivity contribution is 8.03. The van der Waals surface area contributed by atoms with E-state index in [0.717, 1.165) is 29.7 Å². The van der Waals surface area contributed by atoms with Crippen LogP contribution in [0.15, 0.2) is 52.3 Å². The molecule has 0 spiro atoms. The van der Waals surface area contributed by atoms with Gasteiger partial charge in [-0.15, -0.1) is 23.1 Å². The highest BCUT2D eigenvalue weighted by Gasteiger charge is 2.26. The maximum absolute atomic E-state index is 9.60. The number of hydrogen-bond acceptors (Lipinski definition) is 4. The molecule has 25 heavy (non-hydrogen) atoms. The average molecular weight is 365 g/mol. The summed E-state index contributed by atoms with van der Waals surface area (Å²) in [5, 5.41) is 11.6. The smallest absolute Gasteiger partial charge is 0.112 e. The largest absolute Gasteiger partial charge is 0.324 e. The van der Waals surface area contributed by atoms with Crippen LogP contribution in [0.3, 0.4) is 0 Å². The van der Waals surface area contributed by atoms with E-state index in [9.17, 15) is 5.26 Å². The summed E-state index contributed by atoms with van der Waals surface area (Å²) in [6.45, 7) is 0. The minimum absolute atomic E-state index is 0.0436. The maximum atomic E-state index is 9.60. The number of thiophene rings is 1. The summed E-state index contributed by atoms with van der Waals surface area (Å²) in [7, 11) is 0. The van der Waals surface area contributed by atoms with Crippen molar-refractivity contribution < 1.29 is 0 Å². The summed E-state index contributed by atoms with van der Waals surface area (Å²) >= 11 is 3.47. The summed E-state index contributed by atoms with van der Waals surface area (Å²) in [6, 6.07) is 13.0. The molecule has 0 fully saturated rings. The maximum Gasteiger partial charge on any atom is 0.112 e. The standard InChI is InChI=1S/C21H20N2S2/c22-13-20-17(10-12-25-20)21-15-6-2-1-5-14(15)18(23)9-8-16(21)19-7-3-4-11-24-19/h1-2,5-7,10,12,18H,3-4,8-9,11,23H2. The fraction of sp³-hybridized carbons (Fsp3) is 0.286. The predicted molar refractivity (Wildman–Crippen MR) is 107 cm³/mol. The first-order valence-corrected chi connectivity index (χ1v) is 10.6. The number of nitrogens with two attached hydrogens (primary N) is 1. The van der Waals surface area contributed by atoms with Gasteiger partial charge in [-0.05, 0) is 65.2 Å². The monoisotopic (exact) mass is 364 g/mol. The second kappa shape index (κ2) is 7.21. The Morgan fingerprint density at radius 3 is 2.84 bits per heavy atom. The molecule has 0 bridgehead atoms. The molecule has 1 aromatic heterocycles. The molecule has 0 amide bonds. The minimum Gasteiger partial charge on any atom is -0.324 e. The Labute approximate surface area is 157 Å². The summed E-state index contributed by atoms with van der Waals surface area (Å²) in [5.41, 5.74) is 12.6. The fourth-order valence-electron chi connectivity index (χ4n) is 3.71. The van der Waals surface area contributed by atoms with Crippen molar-refractivity contribution in [3.8, 4) is 6.07 Å². The number of hydrogen-bond donors (Lipinski definition) is 1. The zero-order chi connectivity index (χ0) is 17.2. The van der Waals surface area contributed by atoms with Crippen molar-refractivity contribution >= 4 is 28.7 Å². The Kier molecular flexibility index (Phi) is 4.80. The number of thioether (sulfide) groups is 1. The molecule has 2 heterocycles. The molecule has 1 atom stereocenters. The Hall–Kier alpha value is -1.80. The van der Waals surface area contributed by atoms with Crippen LogP contribution in [-0.4, -0.2) is 5.75 Å². The van der Waals surface area contributed by atoms with Crippen molar-refractivity contribution in [1.29, 1.82) is 5.26 Å². The van der Waals surface area contributed by atoms with Crippen LogP contribution in [0, 0.1) is 11.3 Å². The van der Waals surface area contributed by atoms with Crippen molar-refractivity contribution in [3.63, 3.8) is 0 Å². The van der Waals surface area contributed by atoms with Gasteiger partial charge in [0.2, 0.25) is 0 Å². The molecule has 1 aliphatic heterocycles. The van der Waals surface area contributed by atoms with Gasteiger partial charge in [-0.25, -0.2) is 0 Å². The molecule has 2 N–H and O–H groups in total. The summed E-state index contributed by atoms with van der Waals surface area (Å²) in [4.78, 5) is 2.18. The molecule has 2 nitrogen and oxygen atoms in total. The van der Waals surface area contributed by atoms with Gasteiger partial charge in [-0.1, -0.05) is 30.3 Å². The second-order valence-corrected chi connectivity index (χ2v) is 8.47. The third kappa shape index (κ3) is 3.08. The third-order valence-electron chi connectivity index (χ3n) is 4.91. The van der Waals surface area contributed by atoms with Gasteiger partial charge in [0.05, 0.1) is 0 Å². The van der Waals surface area contributed by atoms with Crippen LogP contribution in [0.5, 0.6) is 0 Å². The third-order valence-corrected chi connectivity index (χ3v) is 6.94. The van der Waals surface area contributed by atoms with Crippen LogP contribution < -0.4 is 5.73 Å². The number of nitrogens with zero attached hydrogens (tertiary/aromatic N) is 1. The normalized spacial score (nSPS) is 20.5. The first-order valence-electron chi connectivity index (χ1n) is 8.69. The van der Waals surface area contributed by atoms with E-state index in [1.54, 1.807) is 0 Å². The summed E-state index contributed by atoms with van der Waals surface area (Å²) < 4.78 is 0. The molecule has 0 radical (unpaired) electrons. The summed E-state index contributed by atoms with van der Waals surface area (Å²) in [5.74, 6) is 1.17. The van der Waals surface area contributed by atoms with Crippen LogP contribution in [-0.2, 0) is 0 Å². The van der Waals surface area contributed by atoms with Crippen LogP contribution in [0.25, 0.3) is 5.57 Å². The Balaban J connectivity index is 2.01. The molecule has 4 heteroatoms. The average Bonchev–Trinajstić information content (AvgIpc) is 3.08. The Morgan fingerprint density at radius 1 is 1.16 bits per heavy atom. The Bertz CT molecular complexity index is 899. The minimum atomic E-state index is 0.0436. The van der Waals surface area contributed by atoms with E-state index in [4.69, 9.17) is 5.73 Å². The van der Waals surface area contributed by atoms with E-state index >= 15 is 0 Å². The topological polar surface area (TPSA) is 49.8 Å². The molecule has 1 aromatic carbocycles. The van der Waals surface area contributed by atoms with Crippen molar-refractivity contribution in [2.75, 3.05) is 5.75 Å². The Morgan fingerprint density at radius 2 is 2.04 bits per heavy atom. The highest BCUT2D eigenvalue weighted by Crippen LogP contribution is 2.45. The lowest BCUT2D eigenvalue weighted by Crippen LogP contribution is -2.10. The van der Waals surface area contributed by atoms with Crippen molar-refractivity contribution in [3.05, 3.63) is 73.8 Å². The van der Waals surface area contributed by atoms with E-state index in [2.05, 4.69) is 42.5 Å². The quantitative estimate of drug-likeness (QED) is 0.751. The van der Waals surface area contributed by atoms with Gasteiger partial charge in [-0.3, -0.25) is 0 Å². The molecule has 1 aliphatic carbocycles.